The number of benzene rings is 2. The van der Waals surface area contributed by atoms with Crippen molar-refractivity contribution < 1.29 is 4.79 Å². The number of thioether (sulfide) groups is 1. The number of rotatable bonds is 7. The second-order valence-electron chi connectivity index (χ2n) is 6.57. The molecule has 1 amide bonds. The average Bonchev–Trinajstić information content (AvgIpc) is 3.39. The van der Waals surface area contributed by atoms with Gasteiger partial charge in [0.2, 0.25) is 0 Å². The minimum absolute atomic E-state index is 0.104. The van der Waals surface area contributed by atoms with Gasteiger partial charge in [0.05, 0.1) is 0 Å². The van der Waals surface area contributed by atoms with Gasteiger partial charge in [-0.1, -0.05) is 52.0 Å². The van der Waals surface area contributed by atoms with E-state index in [-0.39, 0.29) is 5.91 Å². The fourth-order valence-corrected chi connectivity index (χ4v) is 4.09. The van der Waals surface area contributed by atoms with E-state index in [2.05, 4.69) is 43.2 Å². The second-order valence-corrected chi connectivity index (χ2v) is 8.45. The minimum Gasteiger partial charge on any atom is -0.331 e. The number of H-pyrrole nitrogens is 1. The zero-order chi connectivity index (χ0) is 18.6. The molecule has 1 aliphatic carbocycles. The number of carbonyl (C=O) groups is 1. The number of aromatic nitrogens is 3. The Kier molecular flexibility index (Phi) is 5.59. The third-order valence-corrected chi connectivity index (χ3v) is 5.90. The lowest BCUT2D eigenvalue weighted by atomic mass is 10.1. The molecule has 1 saturated carbocycles. The van der Waals surface area contributed by atoms with Gasteiger partial charge in [0.1, 0.15) is 6.33 Å². The Hall–Kier alpha value is -2.12. The fraction of sp³-hybridized carbons (Fsp3) is 0.250. The van der Waals surface area contributed by atoms with Crippen LogP contribution in [0.5, 0.6) is 0 Å². The number of amides is 1. The standard InChI is InChI=1S/C20H19BrN4OS/c21-17-3-1-2-15(10-17)11-25(18-8-9-18)19(26)16-6-4-14(5-7-16)12-27-20-22-13-23-24-20/h1-7,10,13,18H,8-9,11-12H2,(H,22,23,24). The van der Waals surface area contributed by atoms with Crippen LogP contribution in [-0.4, -0.2) is 32.0 Å². The first-order valence-corrected chi connectivity index (χ1v) is 10.6. The Labute approximate surface area is 170 Å². The Morgan fingerprint density at radius 3 is 2.67 bits per heavy atom. The van der Waals surface area contributed by atoms with Crippen LogP contribution in [-0.2, 0) is 12.3 Å². The Morgan fingerprint density at radius 1 is 1.19 bits per heavy atom. The highest BCUT2D eigenvalue weighted by atomic mass is 79.9. The molecule has 7 heteroatoms. The van der Waals surface area contributed by atoms with Crippen LogP contribution in [0, 0.1) is 0 Å². The van der Waals surface area contributed by atoms with E-state index >= 15 is 0 Å². The van der Waals surface area contributed by atoms with Crippen LogP contribution in [0.1, 0.15) is 34.3 Å². The van der Waals surface area contributed by atoms with Gasteiger partial charge in [-0.15, -0.1) is 0 Å². The van der Waals surface area contributed by atoms with Crippen molar-refractivity contribution >= 4 is 33.6 Å². The molecule has 1 N–H and O–H groups in total. The van der Waals surface area contributed by atoms with Crippen molar-refractivity contribution in [3.63, 3.8) is 0 Å². The molecular weight excluding hydrogens is 424 g/mol. The van der Waals surface area contributed by atoms with E-state index < -0.39 is 0 Å². The zero-order valence-corrected chi connectivity index (χ0v) is 17.0. The maximum atomic E-state index is 13.1. The first-order valence-electron chi connectivity index (χ1n) is 8.81. The van der Waals surface area contributed by atoms with Crippen LogP contribution in [0.25, 0.3) is 0 Å². The van der Waals surface area contributed by atoms with Gasteiger partial charge in [-0.2, -0.15) is 5.10 Å². The van der Waals surface area contributed by atoms with Crippen LogP contribution in [0.2, 0.25) is 0 Å². The van der Waals surface area contributed by atoms with Crippen molar-refractivity contribution in [2.45, 2.75) is 36.3 Å². The maximum Gasteiger partial charge on any atom is 0.254 e. The van der Waals surface area contributed by atoms with E-state index in [0.29, 0.717) is 12.6 Å². The van der Waals surface area contributed by atoms with E-state index in [1.807, 2.05) is 41.3 Å². The SMILES string of the molecule is O=C(c1ccc(CSc2ncn[nH]2)cc1)N(Cc1cccc(Br)c1)C1CC1. The molecule has 1 heterocycles. The molecule has 1 aromatic heterocycles. The number of halogens is 1. The summed E-state index contributed by atoms with van der Waals surface area (Å²) in [5.74, 6) is 0.889. The fourth-order valence-electron chi connectivity index (χ4n) is 2.91. The highest BCUT2D eigenvalue weighted by Crippen LogP contribution is 2.30. The predicted molar refractivity (Wildman–Crippen MR) is 109 cm³/mol. The molecule has 0 bridgehead atoms. The third-order valence-electron chi connectivity index (χ3n) is 4.46. The van der Waals surface area contributed by atoms with Crippen molar-refractivity contribution in [3.05, 3.63) is 76.0 Å². The van der Waals surface area contributed by atoms with E-state index in [1.54, 1.807) is 11.8 Å². The van der Waals surface area contributed by atoms with Gasteiger partial charge in [-0.25, -0.2) is 4.98 Å². The normalized spacial score (nSPS) is 13.5. The highest BCUT2D eigenvalue weighted by molar-refractivity contribution is 9.10. The molecule has 2 aromatic carbocycles. The van der Waals surface area contributed by atoms with Crippen LogP contribution in [0.4, 0.5) is 0 Å². The van der Waals surface area contributed by atoms with Crippen molar-refractivity contribution in [3.8, 4) is 0 Å². The molecule has 0 aliphatic heterocycles. The van der Waals surface area contributed by atoms with Crippen molar-refractivity contribution in [2.75, 3.05) is 0 Å². The third kappa shape index (κ3) is 4.78. The predicted octanol–water partition coefficient (Wildman–Crippen LogP) is 4.66. The molecule has 27 heavy (non-hydrogen) atoms. The summed E-state index contributed by atoms with van der Waals surface area (Å²) in [6, 6.07) is 16.4. The molecule has 0 saturated heterocycles. The van der Waals surface area contributed by atoms with Crippen LogP contribution < -0.4 is 0 Å². The minimum atomic E-state index is 0.104. The summed E-state index contributed by atoms with van der Waals surface area (Å²) in [5.41, 5.74) is 3.04. The summed E-state index contributed by atoms with van der Waals surface area (Å²) in [6.45, 7) is 0.645. The van der Waals surface area contributed by atoms with Gasteiger partial charge in [0, 0.05) is 28.4 Å². The number of nitrogens with one attached hydrogen (secondary N) is 1. The summed E-state index contributed by atoms with van der Waals surface area (Å²) in [4.78, 5) is 19.2. The van der Waals surface area contributed by atoms with Crippen LogP contribution in [0.15, 0.2) is 64.5 Å². The Bertz CT molecular complexity index is 910. The molecule has 0 unspecified atom stereocenters. The monoisotopic (exact) mass is 442 g/mol. The van der Waals surface area contributed by atoms with Gasteiger partial charge in [0.15, 0.2) is 5.16 Å². The molecule has 1 aliphatic rings. The number of carbonyl (C=O) groups excluding carboxylic acids is 1. The number of hydrogen-bond acceptors (Lipinski definition) is 4. The lowest BCUT2D eigenvalue weighted by Gasteiger charge is -2.23. The summed E-state index contributed by atoms with van der Waals surface area (Å²) in [7, 11) is 0. The molecule has 3 aromatic rings. The number of aromatic amines is 1. The van der Waals surface area contributed by atoms with E-state index in [1.165, 1.54) is 6.33 Å². The topological polar surface area (TPSA) is 61.9 Å². The van der Waals surface area contributed by atoms with Gasteiger partial charge in [-0.05, 0) is 48.2 Å². The van der Waals surface area contributed by atoms with Gasteiger partial charge in [0.25, 0.3) is 5.91 Å². The molecule has 0 radical (unpaired) electrons. The molecule has 4 rings (SSSR count). The second kappa shape index (κ2) is 8.27. The Morgan fingerprint density at radius 2 is 2.00 bits per heavy atom. The van der Waals surface area contributed by atoms with Gasteiger partial charge < -0.3 is 4.90 Å². The molecule has 1 fully saturated rings. The van der Waals surface area contributed by atoms with Crippen LogP contribution in [0.3, 0.4) is 0 Å². The highest BCUT2D eigenvalue weighted by Gasteiger charge is 2.33. The maximum absolute atomic E-state index is 13.1. The average molecular weight is 443 g/mol. The number of nitrogens with zero attached hydrogens (tertiary/aromatic N) is 3. The Balaban J connectivity index is 1.43. The lowest BCUT2D eigenvalue weighted by Crippen LogP contribution is -2.32. The van der Waals surface area contributed by atoms with Crippen molar-refractivity contribution in [1.82, 2.24) is 20.1 Å². The molecule has 5 nitrogen and oxygen atoms in total. The van der Waals surface area contributed by atoms with E-state index in [4.69, 9.17) is 0 Å². The molecule has 138 valence electrons. The molecule has 0 atom stereocenters. The summed E-state index contributed by atoms with van der Waals surface area (Å²) >= 11 is 5.10. The van der Waals surface area contributed by atoms with Crippen molar-refractivity contribution in [1.29, 1.82) is 0 Å². The zero-order valence-electron chi connectivity index (χ0n) is 14.6. The molecule has 0 spiro atoms. The van der Waals surface area contributed by atoms with Crippen molar-refractivity contribution in [2.24, 2.45) is 0 Å². The van der Waals surface area contributed by atoms with Gasteiger partial charge in [-0.3, -0.25) is 9.89 Å². The summed E-state index contributed by atoms with van der Waals surface area (Å²) < 4.78 is 1.04. The van der Waals surface area contributed by atoms with Crippen LogP contribution >= 0.6 is 27.7 Å². The first-order chi connectivity index (χ1) is 13.2. The smallest absolute Gasteiger partial charge is 0.254 e. The van der Waals surface area contributed by atoms with E-state index in [0.717, 1.165) is 44.9 Å². The number of hydrogen-bond donors (Lipinski definition) is 1. The molecular formula is C20H19BrN4OS. The summed E-state index contributed by atoms with van der Waals surface area (Å²) in [6.07, 6.45) is 3.68. The first kappa shape index (κ1) is 18.3. The van der Waals surface area contributed by atoms with Gasteiger partial charge >= 0.3 is 0 Å². The lowest BCUT2D eigenvalue weighted by molar-refractivity contribution is 0.0730. The largest absolute Gasteiger partial charge is 0.331 e. The summed E-state index contributed by atoms with van der Waals surface area (Å²) in [5, 5.41) is 7.47. The quantitative estimate of drug-likeness (QED) is 0.540. The van der Waals surface area contributed by atoms with E-state index in [9.17, 15) is 4.79 Å².